The van der Waals surface area contributed by atoms with Crippen LogP contribution in [0.15, 0.2) is 55.2 Å². The first-order chi connectivity index (χ1) is 21.9. The fourth-order valence-corrected chi connectivity index (χ4v) is 9.13. The Kier molecular flexibility index (Phi) is 10.1. The van der Waals surface area contributed by atoms with Gasteiger partial charge in [-0.1, -0.05) is 71.9 Å². The van der Waals surface area contributed by atoms with Gasteiger partial charge in [-0.15, -0.1) is 0 Å². The summed E-state index contributed by atoms with van der Waals surface area (Å²) in [7, 11) is -4.52. The third-order valence-electron chi connectivity index (χ3n) is 10.3. The number of fused-ring (bicyclic) bond motifs is 1. The summed E-state index contributed by atoms with van der Waals surface area (Å²) in [5.74, 6) is 1.91. The molecular weight excluding hydrogens is 641 g/mol. The van der Waals surface area contributed by atoms with Crippen LogP contribution in [0.2, 0.25) is 36.3 Å². The number of nitrogens with zero attached hydrogens (tertiary/aromatic N) is 5. The van der Waals surface area contributed by atoms with Gasteiger partial charge in [0.1, 0.15) is 36.3 Å². The Morgan fingerprint density at radius 2 is 1.47 bits per heavy atom. The van der Waals surface area contributed by atoms with E-state index < -0.39 is 22.9 Å². The number of anilines is 1. The molecule has 0 saturated carbocycles. The van der Waals surface area contributed by atoms with Crippen LogP contribution in [0.4, 0.5) is 5.82 Å². The third kappa shape index (κ3) is 7.37. The molecular formula is C35H52N6O3SSi2. The molecule has 1 fully saturated rings. The molecule has 4 atom stereocenters. The van der Waals surface area contributed by atoms with Crippen molar-refractivity contribution in [3.8, 4) is 11.3 Å². The number of hydrogen-bond acceptors (Lipinski definition) is 9. The SMILES string of the molecule is Cc1ncnc(-c2ccccc2)c1CSC[C@H]1O[C@@H](n2ccc3c(N)ncnc32)[C@H](O[Si](C)(C)C(C)(C)C)[C@@H]1O[Si](C)(C)C(C)(C)C. The van der Waals surface area contributed by atoms with Crippen LogP contribution in [0.5, 0.6) is 0 Å². The smallest absolute Gasteiger partial charge is 0.192 e. The van der Waals surface area contributed by atoms with Crippen molar-refractivity contribution in [2.75, 3.05) is 11.5 Å². The van der Waals surface area contributed by atoms with Crippen molar-refractivity contribution in [3.63, 3.8) is 0 Å². The standard InChI is InChI=1S/C35H52N6O3SSi2/c1-23-26(28(38-21-37-23)24-15-13-12-14-16-24)19-45-20-27-29(43-46(8,9)34(2,3)4)30(44-47(10,11)35(5,6)7)33(42-27)41-18-17-25-31(36)39-22-40-32(25)41/h12-18,21-22,27,29-30,33H,19-20H2,1-11H3,(H2,36,39,40)/t27-,29-,30-,33-/m1/s1. The Morgan fingerprint density at radius 3 is 2.11 bits per heavy atom. The molecule has 5 rings (SSSR count). The molecule has 0 aliphatic carbocycles. The molecule has 3 aromatic heterocycles. The molecule has 0 radical (unpaired) electrons. The molecule has 1 aliphatic heterocycles. The maximum atomic E-state index is 7.33. The van der Waals surface area contributed by atoms with E-state index in [1.807, 2.05) is 42.2 Å². The van der Waals surface area contributed by atoms with Gasteiger partial charge in [0.05, 0.1) is 17.2 Å². The van der Waals surface area contributed by atoms with Crippen LogP contribution in [-0.4, -0.2) is 65.2 Å². The summed E-state index contributed by atoms with van der Waals surface area (Å²) >= 11 is 1.83. The number of hydrogen-bond donors (Lipinski definition) is 1. The number of thioether (sulfide) groups is 1. The molecule has 1 saturated heterocycles. The number of aryl methyl sites for hydroxylation is 1. The zero-order valence-electron chi connectivity index (χ0n) is 29.9. The molecule has 254 valence electrons. The number of nitrogens with two attached hydrogens (primary N) is 1. The van der Waals surface area contributed by atoms with Crippen LogP contribution in [0.1, 0.15) is 59.0 Å². The lowest BCUT2D eigenvalue weighted by Gasteiger charge is -2.44. The Bertz CT molecular complexity index is 1690. The van der Waals surface area contributed by atoms with Crippen LogP contribution >= 0.6 is 11.8 Å². The van der Waals surface area contributed by atoms with Gasteiger partial charge in [0.15, 0.2) is 22.9 Å². The normalized spacial score (nSPS) is 21.1. The third-order valence-corrected chi connectivity index (χ3v) is 20.3. The molecule has 1 aliphatic rings. The second-order valence-corrected chi connectivity index (χ2v) is 26.2. The number of aromatic nitrogens is 5. The molecule has 0 bridgehead atoms. The van der Waals surface area contributed by atoms with Gasteiger partial charge in [-0.3, -0.25) is 0 Å². The van der Waals surface area contributed by atoms with Crippen LogP contribution in [0.3, 0.4) is 0 Å². The summed E-state index contributed by atoms with van der Waals surface area (Å²) in [5.41, 5.74) is 11.2. The molecule has 47 heavy (non-hydrogen) atoms. The van der Waals surface area contributed by atoms with Crippen molar-refractivity contribution in [1.82, 2.24) is 24.5 Å². The van der Waals surface area contributed by atoms with Gasteiger partial charge in [-0.25, -0.2) is 19.9 Å². The highest BCUT2D eigenvalue weighted by atomic mass is 32.2. The molecule has 0 spiro atoms. The largest absolute Gasteiger partial charge is 0.408 e. The molecule has 1 aromatic carbocycles. The summed E-state index contributed by atoms with van der Waals surface area (Å²) < 4.78 is 23.8. The molecule has 9 nitrogen and oxygen atoms in total. The Labute approximate surface area is 286 Å². The maximum absolute atomic E-state index is 7.33. The van der Waals surface area contributed by atoms with Gasteiger partial charge in [0.25, 0.3) is 0 Å². The zero-order chi connectivity index (χ0) is 34.4. The second kappa shape index (κ2) is 13.4. The quantitative estimate of drug-likeness (QED) is 0.164. The number of ether oxygens (including phenoxy) is 1. The zero-order valence-corrected chi connectivity index (χ0v) is 32.7. The predicted octanol–water partition coefficient (Wildman–Crippen LogP) is 8.39. The van der Waals surface area contributed by atoms with E-state index in [1.54, 1.807) is 6.33 Å². The highest BCUT2D eigenvalue weighted by Gasteiger charge is 2.54. The predicted molar refractivity (Wildman–Crippen MR) is 198 cm³/mol. The second-order valence-electron chi connectivity index (χ2n) is 15.6. The van der Waals surface area contributed by atoms with Crippen LogP contribution in [0.25, 0.3) is 22.3 Å². The van der Waals surface area contributed by atoms with Crippen molar-refractivity contribution < 1.29 is 13.6 Å². The maximum Gasteiger partial charge on any atom is 0.192 e. The lowest BCUT2D eigenvalue weighted by Crippen LogP contribution is -2.53. The molecule has 4 heterocycles. The van der Waals surface area contributed by atoms with Gasteiger partial charge in [-0.05, 0) is 49.3 Å². The van der Waals surface area contributed by atoms with Crippen LogP contribution < -0.4 is 5.73 Å². The fraction of sp³-hybridized carbons (Fsp3) is 0.543. The fourth-order valence-electron chi connectivity index (χ4n) is 5.36. The van der Waals surface area contributed by atoms with Crippen LogP contribution in [-0.2, 0) is 19.3 Å². The average Bonchev–Trinajstić information content (AvgIpc) is 3.55. The first-order valence-electron chi connectivity index (χ1n) is 16.4. The van der Waals surface area contributed by atoms with Crippen LogP contribution in [0, 0.1) is 6.92 Å². The molecule has 12 heteroatoms. The number of nitrogen functional groups attached to an aromatic ring is 1. The van der Waals surface area contributed by atoms with E-state index in [4.69, 9.17) is 24.3 Å². The molecule has 0 amide bonds. The minimum Gasteiger partial charge on any atom is -0.408 e. The highest BCUT2D eigenvalue weighted by Crippen LogP contribution is 2.47. The van der Waals surface area contributed by atoms with E-state index >= 15 is 0 Å². The summed E-state index contributed by atoms with van der Waals surface area (Å²) in [4.78, 5) is 18.1. The van der Waals surface area contributed by atoms with Gasteiger partial charge in [0.2, 0.25) is 0 Å². The first kappa shape index (κ1) is 35.7. The monoisotopic (exact) mass is 692 g/mol. The van der Waals surface area contributed by atoms with E-state index in [0.29, 0.717) is 11.6 Å². The van der Waals surface area contributed by atoms with Gasteiger partial charge < -0.3 is 23.9 Å². The minimum absolute atomic E-state index is 0.00403. The summed E-state index contributed by atoms with van der Waals surface area (Å²) in [6.45, 7) is 24.9. The molecule has 4 aromatic rings. The minimum atomic E-state index is -2.27. The number of rotatable bonds is 10. The van der Waals surface area contributed by atoms with Crippen molar-refractivity contribution in [3.05, 3.63) is 66.5 Å². The van der Waals surface area contributed by atoms with Gasteiger partial charge in [0, 0.05) is 34.5 Å². The van der Waals surface area contributed by atoms with Crippen molar-refractivity contribution in [1.29, 1.82) is 0 Å². The van der Waals surface area contributed by atoms with E-state index in [0.717, 1.165) is 39.3 Å². The van der Waals surface area contributed by atoms with Crippen molar-refractivity contribution in [2.45, 2.75) is 115 Å². The molecule has 2 N–H and O–H groups in total. The Balaban J connectivity index is 1.53. The van der Waals surface area contributed by atoms with Crippen molar-refractivity contribution in [2.24, 2.45) is 0 Å². The topological polar surface area (TPSA) is 110 Å². The van der Waals surface area contributed by atoms with Gasteiger partial charge >= 0.3 is 0 Å². The Morgan fingerprint density at radius 1 is 0.851 bits per heavy atom. The lowest BCUT2D eigenvalue weighted by atomic mass is 10.1. The van der Waals surface area contributed by atoms with E-state index in [1.165, 1.54) is 6.33 Å². The average molecular weight is 693 g/mol. The number of benzene rings is 1. The highest BCUT2D eigenvalue weighted by molar-refractivity contribution is 7.98. The van der Waals surface area contributed by atoms with E-state index in [-0.39, 0.29) is 28.4 Å². The summed E-state index contributed by atoms with van der Waals surface area (Å²) in [6, 6.07) is 12.3. The Hall–Kier alpha value is -2.62. The first-order valence-corrected chi connectivity index (χ1v) is 23.4. The van der Waals surface area contributed by atoms with E-state index in [2.05, 4.69) is 106 Å². The van der Waals surface area contributed by atoms with Crippen molar-refractivity contribution >= 4 is 45.2 Å². The lowest BCUT2D eigenvalue weighted by molar-refractivity contribution is -0.0244. The summed E-state index contributed by atoms with van der Waals surface area (Å²) in [6.07, 6.45) is 3.87. The summed E-state index contributed by atoms with van der Waals surface area (Å²) in [5, 5.41) is 0.806. The molecule has 0 unspecified atom stereocenters. The van der Waals surface area contributed by atoms with E-state index in [9.17, 15) is 0 Å². The van der Waals surface area contributed by atoms with Gasteiger partial charge in [-0.2, -0.15) is 11.8 Å².